The Balaban J connectivity index is 1.74. The van der Waals surface area contributed by atoms with Crippen LogP contribution in [-0.4, -0.2) is 11.8 Å². The smallest absolute Gasteiger partial charge is 0.291 e. The maximum atomic E-state index is 12.2. The summed E-state index contributed by atoms with van der Waals surface area (Å²) in [5.74, 6) is -0.608. The first-order valence-corrected chi connectivity index (χ1v) is 8.18. The molecule has 1 aromatic heterocycles. The number of anilines is 2. The van der Waals surface area contributed by atoms with Crippen molar-refractivity contribution >= 4 is 40.9 Å². The summed E-state index contributed by atoms with van der Waals surface area (Å²) < 4.78 is 5.06. The van der Waals surface area contributed by atoms with Crippen LogP contribution >= 0.6 is 11.6 Å². The summed E-state index contributed by atoms with van der Waals surface area (Å²) in [7, 11) is 0. The van der Waals surface area contributed by atoms with E-state index in [1.165, 1.54) is 12.3 Å². The average Bonchev–Trinajstić information content (AvgIpc) is 3.18. The van der Waals surface area contributed by atoms with Gasteiger partial charge in [0.25, 0.3) is 5.91 Å². The largest absolute Gasteiger partial charge is 0.459 e. The van der Waals surface area contributed by atoms with Gasteiger partial charge < -0.3 is 15.1 Å². The normalized spacial score (nSPS) is 10.7. The highest BCUT2D eigenvalue weighted by atomic mass is 35.5. The number of hydrogen-bond donors (Lipinski definition) is 2. The molecule has 26 heavy (non-hydrogen) atoms. The molecule has 0 bridgehead atoms. The zero-order chi connectivity index (χ0) is 18.4. The first-order valence-electron chi connectivity index (χ1n) is 7.80. The number of benzene rings is 2. The van der Waals surface area contributed by atoms with E-state index in [1.807, 2.05) is 30.3 Å². The third-order valence-corrected chi connectivity index (χ3v) is 3.69. The van der Waals surface area contributed by atoms with Crippen molar-refractivity contribution in [1.29, 1.82) is 0 Å². The second-order valence-corrected chi connectivity index (χ2v) is 5.79. The Labute approximate surface area is 155 Å². The molecular formula is C20H15ClN2O3. The van der Waals surface area contributed by atoms with Crippen molar-refractivity contribution < 1.29 is 14.0 Å². The Morgan fingerprint density at radius 2 is 1.73 bits per heavy atom. The van der Waals surface area contributed by atoms with E-state index in [2.05, 4.69) is 10.6 Å². The van der Waals surface area contributed by atoms with Crippen LogP contribution in [0.5, 0.6) is 0 Å². The molecule has 1 heterocycles. The molecule has 2 aromatic carbocycles. The zero-order valence-corrected chi connectivity index (χ0v) is 14.4. The number of furan rings is 1. The number of hydrogen-bond acceptors (Lipinski definition) is 3. The van der Waals surface area contributed by atoms with Gasteiger partial charge >= 0.3 is 0 Å². The Morgan fingerprint density at radius 1 is 0.923 bits per heavy atom. The lowest BCUT2D eigenvalue weighted by Crippen LogP contribution is -2.15. The van der Waals surface area contributed by atoms with Crippen molar-refractivity contribution in [2.45, 2.75) is 0 Å². The van der Waals surface area contributed by atoms with E-state index in [0.717, 1.165) is 5.56 Å². The molecule has 3 aromatic rings. The Kier molecular flexibility index (Phi) is 5.51. The van der Waals surface area contributed by atoms with Crippen molar-refractivity contribution in [3.05, 3.63) is 89.3 Å². The van der Waals surface area contributed by atoms with E-state index < -0.39 is 5.91 Å². The minimum Gasteiger partial charge on any atom is -0.459 e. The van der Waals surface area contributed by atoms with Gasteiger partial charge in [0.1, 0.15) is 0 Å². The van der Waals surface area contributed by atoms with Crippen LogP contribution in [0, 0.1) is 0 Å². The first kappa shape index (κ1) is 17.5. The van der Waals surface area contributed by atoms with Gasteiger partial charge in [0, 0.05) is 11.1 Å². The summed E-state index contributed by atoms with van der Waals surface area (Å²) in [6.45, 7) is 0. The Bertz CT molecular complexity index is 935. The van der Waals surface area contributed by atoms with Gasteiger partial charge in [0.2, 0.25) is 5.91 Å². The summed E-state index contributed by atoms with van der Waals surface area (Å²) in [6, 6.07) is 17.4. The predicted molar refractivity (Wildman–Crippen MR) is 102 cm³/mol. The van der Waals surface area contributed by atoms with E-state index in [-0.39, 0.29) is 11.7 Å². The number of halogens is 1. The second-order valence-electron chi connectivity index (χ2n) is 5.35. The maximum absolute atomic E-state index is 12.2. The Hall–Kier alpha value is -3.31. The SMILES string of the molecule is O=C(/C=C/c1ccccc1)Nc1ccc(Cl)cc1NC(=O)c1ccco1. The lowest BCUT2D eigenvalue weighted by atomic mass is 10.2. The number of rotatable bonds is 5. The van der Waals surface area contributed by atoms with Crippen molar-refractivity contribution in [1.82, 2.24) is 0 Å². The average molecular weight is 367 g/mol. The van der Waals surface area contributed by atoms with Crippen LogP contribution in [0.4, 0.5) is 11.4 Å². The molecule has 3 rings (SSSR count). The van der Waals surface area contributed by atoms with Crippen LogP contribution in [0.3, 0.4) is 0 Å². The van der Waals surface area contributed by atoms with Gasteiger partial charge in [-0.05, 0) is 42.0 Å². The van der Waals surface area contributed by atoms with Gasteiger partial charge in [0.05, 0.1) is 17.6 Å². The molecule has 0 radical (unpaired) electrons. The van der Waals surface area contributed by atoms with Gasteiger partial charge in [-0.25, -0.2) is 0 Å². The number of carbonyl (C=O) groups excluding carboxylic acids is 2. The summed E-state index contributed by atoms with van der Waals surface area (Å²) >= 11 is 6.00. The highest BCUT2D eigenvalue weighted by Gasteiger charge is 2.13. The summed E-state index contributed by atoms with van der Waals surface area (Å²) in [5.41, 5.74) is 1.71. The van der Waals surface area contributed by atoms with Crippen LogP contribution in [0.2, 0.25) is 5.02 Å². The van der Waals surface area contributed by atoms with Crippen LogP contribution < -0.4 is 10.6 Å². The van der Waals surface area contributed by atoms with Crippen LogP contribution in [0.15, 0.2) is 77.4 Å². The molecule has 2 N–H and O–H groups in total. The van der Waals surface area contributed by atoms with Crippen LogP contribution in [0.25, 0.3) is 6.08 Å². The first-order chi connectivity index (χ1) is 12.6. The molecule has 0 atom stereocenters. The topological polar surface area (TPSA) is 71.3 Å². The molecule has 130 valence electrons. The number of carbonyl (C=O) groups is 2. The van der Waals surface area contributed by atoms with Crippen LogP contribution in [-0.2, 0) is 4.79 Å². The van der Waals surface area contributed by atoms with Crippen LogP contribution in [0.1, 0.15) is 16.1 Å². The number of nitrogens with one attached hydrogen (secondary N) is 2. The molecule has 0 aliphatic carbocycles. The minimum atomic E-state index is -0.437. The predicted octanol–water partition coefficient (Wildman–Crippen LogP) is 4.84. The minimum absolute atomic E-state index is 0.159. The molecule has 0 aliphatic heterocycles. The lowest BCUT2D eigenvalue weighted by molar-refractivity contribution is -0.111. The fourth-order valence-electron chi connectivity index (χ4n) is 2.23. The molecule has 6 heteroatoms. The van der Waals surface area contributed by atoms with Gasteiger partial charge in [0.15, 0.2) is 5.76 Å². The molecule has 0 unspecified atom stereocenters. The van der Waals surface area contributed by atoms with Crippen molar-refractivity contribution in [2.75, 3.05) is 10.6 Å². The fourth-order valence-corrected chi connectivity index (χ4v) is 2.40. The van der Waals surface area contributed by atoms with E-state index in [1.54, 1.807) is 36.4 Å². The van der Waals surface area contributed by atoms with Gasteiger partial charge in [-0.1, -0.05) is 41.9 Å². The summed E-state index contributed by atoms with van der Waals surface area (Å²) in [4.78, 5) is 24.3. The van der Waals surface area contributed by atoms with Gasteiger partial charge in [-0.15, -0.1) is 0 Å². The van der Waals surface area contributed by atoms with Crippen molar-refractivity contribution in [2.24, 2.45) is 0 Å². The quantitative estimate of drug-likeness (QED) is 0.635. The van der Waals surface area contributed by atoms with Gasteiger partial charge in [-0.3, -0.25) is 9.59 Å². The molecule has 0 saturated heterocycles. The second kappa shape index (κ2) is 8.18. The van der Waals surface area contributed by atoms with E-state index in [4.69, 9.17) is 16.0 Å². The molecule has 0 aliphatic rings. The molecule has 5 nitrogen and oxygen atoms in total. The van der Waals surface area contributed by atoms with E-state index >= 15 is 0 Å². The van der Waals surface area contributed by atoms with E-state index in [9.17, 15) is 9.59 Å². The number of amides is 2. The molecule has 0 fully saturated rings. The van der Waals surface area contributed by atoms with E-state index in [0.29, 0.717) is 16.4 Å². The van der Waals surface area contributed by atoms with Crippen molar-refractivity contribution in [3.8, 4) is 0 Å². The molecule has 0 saturated carbocycles. The standard InChI is InChI=1S/C20H15ClN2O3/c21-15-9-10-16(17(13-15)23-20(25)18-7-4-12-26-18)22-19(24)11-8-14-5-2-1-3-6-14/h1-13H,(H,22,24)(H,23,25)/b11-8+. The van der Waals surface area contributed by atoms with Crippen molar-refractivity contribution in [3.63, 3.8) is 0 Å². The third-order valence-electron chi connectivity index (χ3n) is 3.46. The highest BCUT2D eigenvalue weighted by Crippen LogP contribution is 2.26. The zero-order valence-electron chi connectivity index (χ0n) is 13.6. The highest BCUT2D eigenvalue weighted by molar-refractivity contribution is 6.31. The third kappa shape index (κ3) is 4.62. The lowest BCUT2D eigenvalue weighted by Gasteiger charge is -2.11. The molecule has 2 amide bonds. The monoisotopic (exact) mass is 366 g/mol. The molecular weight excluding hydrogens is 352 g/mol. The fraction of sp³-hybridized carbons (Fsp3) is 0. The molecule has 0 spiro atoms. The maximum Gasteiger partial charge on any atom is 0.291 e. The Morgan fingerprint density at radius 3 is 2.46 bits per heavy atom. The summed E-state index contributed by atoms with van der Waals surface area (Å²) in [6.07, 6.45) is 4.53. The van der Waals surface area contributed by atoms with Gasteiger partial charge in [-0.2, -0.15) is 0 Å². The summed E-state index contributed by atoms with van der Waals surface area (Å²) in [5, 5.41) is 5.83.